The molecule has 132 valence electrons. The van der Waals surface area contributed by atoms with Crippen LogP contribution in [0.4, 0.5) is 18.0 Å². The molecule has 1 saturated carbocycles. The first kappa shape index (κ1) is 18.3. The Hall–Kier alpha value is -2.05. The minimum absolute atomic E-state index is 0.177. The molecular weight excluding hydrogens is 321 g/mol. The third-order valence-corrected chi connectivity index (χ3v) is 3.54. The van der Waals surface area contributed by atoms with Gasteiger partial charge in [0.2, 0.25) is 0 Å². The standard InChI is InChI=1S/C17H21F3N2O2/c1-16(2,3)24-15(23)22-14-6-4-5-11(14)9-13-8-7-12(10-21-13)17(18,19)20/h7-10,14H,4-6H2,1-3H3,(H,22,23)/b11-9+. The summed E-state index contributed by atoms with van der Waals surface area (Å²) in [6.45, 7) is 5.35. The minimum Gasteiger partial charge on any atom is -0.444 e. The Balaban J connectivity index is 2.07. The predicted molar refractivity (Wildman–Crippen MR) is 84.2 cm³/mol. The smallest absolute Gasteiger partial charge is 0.417 e. The summed E-state index contributed by atoms with van der Waals surface area (Å²) in [5, 5.41) is 2.80. The number of halogens is 3. The number of hydrogen-bond donors (Lipinski definition) is 1. The van der Waals surface area contributed by atoms with Gasteiger partial charge in [0.25, 0.3) is 0 Å². The zero-order valence-electron chi connectivity index (χ0n) is 13.9. The summed E-state index contributed by atoms with van der Waals surface area (Å²) in [5.74, 6) is 0. The number of amides is 1. The molecular formula is C17H21F3N2O2. The number of rotatable bonds is 2. The van der Waals surface area contributed by atoms with E-state index in [1.807, 2.05) is 0 Å². The number of ether oxygens (including phenoxy) is 1. The first-order chi connectivity index (χ1) is 11.0. The summed E-state index contributed by atoms with van der Waals surface area (Å²) >= 11 is 0. The van der Waals surface area contributed by atoms with E-state index in [9.17, 15) is 18.0 Å². The number of alkyl halides is 3. The average molecular weight is 342 g/mol. The second kappa shape index (κ2) is 6.83. The molecule has 1 heterocycles. The molecule has 7 heteroatoms. The quantitative estimate of drug-likeness (QED) is 0.857. The van der Waals surface area contributed by atoms with Crippen molar-refractivity contribution in [2.45, 2.75) is 57.9 Å². The lowest BCUT2D eigenvalue weighted by Gasteiger charge is -2.22. The van der Waals surface area contributed by atoms with Crippen molar-refractivity contribution >= 4 is 12.2 Å². The SMILES string of the molecule is CC(C)(C)OC(=O)NC1CCC/C1=C\c1ccc(C(F)(F)F)cn1. The van der Waals surface area contributed by atoms with Gasteiger partial charge in [-0.2, -0.15) is 13.2 Å². The fourth-order valence-corrected chi connectivity index (χ4v) is 2.51. The molecule has 1 aromatic heterocycles. The molecule has 1 unspecified atom stereocenters. The third kappa shape index (κ3) is 5.25. The largest absolute Gasteiger partial charge is 0.444 e. The molecule has 1 atom stereocenters. The van der Waals surface area contributed by atoms with Crippen LogP contribution < -0.4 is 5.32 Å². The van der Waals surface area contributed by atoms with Crippen LogP contribution in [-0.2, 0) is 10.9 Å². The van der Waals surface area contributed by atoms with Crippen LogP contribution in [0.2, 0.25) is 0 Å². The maximum atomic E-state index is 12.5. The van der Waals surface area contributed by atoms with Crippen LogP contribution in [0.1, 0.15) is 51.3 Å². The summed E-state index contributed by atoms with van der Waals surface area (Å²) in [7, 11) is 0. The molecule has 1 fully saturated rings. The van der Waals surface area contributed by atoms with Gasteiger partial charge in [-0.15, -0.1) is 0 Å². The van der Waals surface area contributed by atoms with E-state index in [4.69, 9.17) is 4.74 Å². The normalized spacial score (nSPS) is 20.2. The first-order valence-corrected chi connectivity index (χ1v) is 7.78. The predicted octanol–water partition coefficient (Wildman–Crippen LogP) is 4.56. The van der Waals surface area contributed by atoms with Crippen molar-refractivity contribution in [3.8, 4) is 0 Å². The molecule has 1 N–H and O–H groups in total. The molecule has 0 radical (unpaired) electrons. The summed E-state index contributed by atoms with van der Waals surface area (Å²) in [6, 6.07) is 2.16. The van der Waals surface area contributed by atoms with Crippen LogP contribution in [0.15, 0.2) is 23.9 Å². The van der Waals surface area contributed by atoms with Crippen molar-refractivity contribution < 1.29 is 22.7 Å². The van der Waals surface area contributed by atoms with Crippen LogP contribution in [0.3, 0.4) is 0 Å². The molecule has 0 bridgehead atoms. The van der Waals surface area contributed by atoms with E-state index in [0.717, 1.165) is 37.1 Å². The number of nitrogens with one attached hydrogen (secondary N) is 1. The van der Waals surface area contributed by atoms with E-state index >= 15 is 0 Å². The molecule has 0 saturated heterocycles. The van der Waals surface area contributed by atoms with Crippen molar-refractivity contribution in [2.24, 2.45) is 0 Å². The Kier molecular flexibility index (Phi) is 5.20. The van der Waals surface area contributed by atoms with Crippen LogP contribution >= 0.6 is 0 Å². The van der Waals surface area contributed by atoms with Gasteiger partial charge in [-0.1, -0.05) is 0 Å². The molecule has 0 aromatic carbocycles. The Labute approximate surface area is 139 Å². The maximum absolute atomic E-state index is 12.5. The number of pyridine rings is 1. The molecule has 0 aliphatic heterocycles. The van der Waals surface area contributed by atoms with Gasteiger partial charge in [-0.3, -0.25) is 4.98 Å². The summed E-state index contributed by atoms with van der Waals surface area (Å²) in [5.41, 5.74) is 0.0187. The number of alkyl carbamates (subject to hydrolysis) is 1. The van der Waals surface area contributed by atoms with E-state index in [1.165, 1.54) is 6.07 Å². The van der Waals surface area contributed by atoms with Crippen LogP contribution in [0.25, 0.3) is 6.08 Å². The third-order valence-electron chi connectivity index (χ3n) is 3.54. The first-order valence-electron chi connectivity index (χ1n) is 7.78. The lowest BCUT2D eigenvalue weighted by atomic mass is 10.1. The molecule has 2 rings (SSSR count). The second-order valence-electron chi connectivity index (χ2n) is 6.78. The Morgan fingerprint density at radius 2 is 2.04 bits per heavy atom. The fourth-order valence-electron chi connectivity index (χ4n) is 2.51. The average Bonchev–Trinajstić information content (AvgIpc) is 2.83. The summed E-state index contributed by atoms with van der Waals surface area (Å²) in [6.07, 6.45) is 0.0854. The van der Waals surface area contributed by atoms with Crippen LogP contribution in [0, 0.1) is 0 Å². The number of carbonyl (C=O) groups is 1. The van der Waals surface area contributed by atoms with Crippen molar-refractivity contribution in [1.82, 2.24) is 10.3 Å². The number of hydrogen-bond acceptors (Lipinski definition) is 3. The summed E-state index contributed by atoms with van der Waals surface area (Å²) < 4.78 is 42.9. The van der Waals surface area contributed by atoms with E-state index < -0.39 is 23.4 Å². The zero-order chi connectivity index (χ0) is 18.0. The van der Waals surface area contributed by atoms with Crippen molar-refractivity contribution in [1.29, 1.82) is 0 Å². The van der Waals surface area contributed by atoms with Crippen LogP contribution in [0.5, 0.6) is 0 Å². The highest BCUT2D eigenvalue weighted by atomic mass is 19.4. The highest BCUT2D eigenvalue weighted by Crippen LogP contribution is 2.30. The minimum atomic E-state index is -4.40. The van der Waals surface area contributed by atoms with Gasteiger partial charge in [0.05, 0.1) is 17.3 Å². The lowest BCUT2D eigenvalue weighted by Crippen LogP contribution is -2.38. The monoisotopic (exact) mass is 342 g/mol. The van der Waals surface area contributed by atoms with Gasteiger partial charge in [0.15, 0.2) is 0 Å². The molecule has 0 spiro atoms. The summed E-state index contributed by atoms with van der Waals surface area (Å²) in [4.78, 5) is 15.7. The second-order valence-corrected chi connectivity index (χ2v) is 6.78. The Morgan fingerprint density at radius 3 is 2.58 bits per heavy atom. The molecule has 1 aromatic rings. The van der Waals surface area contributed by atoms with Gasteiger partial charge < -0.3 is 10.1 Å². The van der Waals surface area contributed by atoms with E-state index in [1.54, 1.807) is 26.8 Å². The van der Waals surface area contributed by atoms with Gasteiger partial charge in [-0.25, -0.2) is 4.79 Å². The Morgan fingerprint density at radius 1 is 1.33 bits per heavy atom. The Bertz CT molecular complexity index is 616. The lowest BCUT2D eigenvalue weighted by molar-refractivity contribution is -0.137. The van der Waals surface area contributed by atoms with Gasteiger partial charge in [0, 0.05) is 6.20 Å². The number of nitrogens with zero attached hydrogens (tertiary/aromatic N) is 1. The highest BCUT2D eigenvalue weighted by Gasteiger charge is 2.30. The highest BCUT2D eigenvalue weighted by molar-refractivity contribution is 5.69. The van der Waals surface area contributed by atoms with E-state index in [0.29, 0.717) is 5.69 Å². The van der Waals surface area contributed by atoms with E-state index in [2.05, 4.69) is 10.3 Å². The maximum Gasteiger partial charge on any atom is 0.417 e. The number of carbonyl (C=O) groups excluding carboxylic acids is 1. The molecule has 1 aliphatic carbocycles. The van der Waals surface area contributed by atoms with Crippen molar-refractivity contribution in [3.05, 3.63) is 35.2 Å². The van der Waals surface area contributed by atoms with Gasteiger partial charge >= 0.3 is 12.3 Å². The van der Waals surface area contributed by atoms with E-state index in [-0.39, 0.29) is 6.04 Å². The van der Waals surface area contributed by atoms with Crippen LogP contribution in [-0.4, -0.2) is 22.7 Å². The molecule has 24 heavy (non-hydrogen) atoms. The molecule has 4 nitrogen and oxygen atoms in total. The van der Waals surface area contributed by atoms with Crippen molar-refractivity contribution in [3.63, 3.8) is 0 Å². The van der Waals surface area contributed by atoms with Gasteiger partial charge in [0.1, 0.15) is 5.60 Å². The fraction of sp³-hybridized carbons (Fsp3) is 0.529. The topological polar surface area (TPSA) is 51.2 Å². The van der Waals surface area contributed by atoms with Crippen molar-refractivity contribution in [2.75, 3.05) is 0 Å². The van der Waals surface area contributed by atoms with Gasteiger partial charge in [-0.05, 0) is 63.8 Å². The molecule has 1 amide bonds. The zero-order valence-corrected chi connectivity index (χ0v) is 13.9. The molecule has 1 aliphatic rings. The number of aromatic nitrogens is 1.